The smallest absolute Gasteiger partial charge is 0.333 e. The van der Waals surface area contributed by atoms with E-state index in [0.29, 0.717) is 42.7 Å². The van der Waals surface area contributed by atoms with Gasteiger partial charge >= 0.3 is 13.6 Å². The Balaban J connectivity index is 1.34. The minimum atomic E-state index is -4.12. The zero-order valence-electron chi connectivity index (χ0n) is 22.8. The highest BCUT2D eigenvalue weighted by atomic mass is 31.2. The number of pyridine rings is 1. The molecular weight excluding hydrogens is 570 g/mol. The number of hydrogen-bond donors (Lipinski definition) is 3. The van der Waals surface area contributed by atoms with E-state index in [2.05, 4.69) is 4.98 Å². The van der Waals surface area contributed by atoms with Crippen LogP contribution >= 0.6 is 7.60 Å². The van der Waals surface area contributed by atoms with Gasteiger partial charge in [-0.1, -0.05) is 18.2 Å². The molecule has 0 bridgehead atoms. The van der Waals surface area contributed by atoms with E-state index in [4.69, 9.17) is 9.63 Å². The molecule has 2 aromatic carbocycles. The molecule has 3 N–H and O–H groups in total. The van der Waals surface area contributed by atoms with Crippen LogP contribution in [0.25, 0.3) is 10.9 Å². The Morgan fingerprint density at radius 3 is 2.50 bits per heavy atom. The van der Waals surface area contributed by atoms with E-state index < -0.39 is 31.4 Å². The summed E-state index contributed by atoms with van der Waals surface area (Å²) in [5, 5.41) is 20.4. The molecule has 0 spiro atoms. The lowest BCUT2D eigenvalue weighted by Gasteiger charge is -2.35. The van der Waals surface area contributed by atoms with Crippen molar-refractivity contribution < 1.29 is 43.0 Å². The van der Waals surface area contributed by atoms with Gasteiger partial charge in [-0.15, -0.1) is 0 Å². The van der Waals surface area contributed by atoms with Gasteiger partial charge in [0, 0.05) is 63.0 Å². The molecule has 0 radical (unpaired) electrons. The Morgan fingerprint density at radius 2 is 1.83 bits per heavy atom. The van der Waals surface area contributed by atoms with Crippen LogP contribution in [0.4, 0.5) is 4.39 Å². The first kappa shape index (κ1) is 29.6. The molecule has 0 saturated carbocycles. The molecule has 2 aliphatic heterocycles. The summed E-state index contributed by atoms with van der Waals surface area (Å²) in [5.74, 6) is -2.80. The lowest BCUT2D eigenvalue weighted by molar-refractivity contribution is -0.144. The van der Waals surface area contributed by atoms with Crippen LogP contribution in [0, 0.1) is 5.82 Å². The highest BCUT2D eigenvalue weighted by Gasteiger charge is 2.38. The maximum absolute atomic E-state index is 14.0. The van der Waals surface area contributed by atoms with Crippen LogP contribution in [-0.2, 0) is 27.0 Å². The minimum absolute atomic E-state index is 0.0274. The van der Waals surface area contributed by atoms with E-state index in [-0.39, 0.29) is 54.1 Å². The molecule has 14 heteroatoms. The van der Waals surface area contributed by atoms with Crippen molar-refractivity contribution in [2.45, 2.75) is 26.1 Å². The number of nitrogens with zero attached hydrogens (tertiary/aromatic N) is 4. The van der Waals surface area contributed by atoms with E-state index in [1.165, 1.54) is 30.2 Å². The molecule has 2 atom stereocenters. The molecule has 5 rings (SSSR count). The predicted molar refractivity (Wildman–Crippen MR) is 149 cm³/mol. The SMILES string of the molecule is C[C@@H](OP(=O)(O)CCN1CCN(C(=O)c2c3c(c(O)c4ncccc24)C(=O)N(Cc2ccc(F)cc2)C3)CC1)C(=O)O. The summed E-state index contributed by atoms with van der Waals surface area (Å²) >= 11 is 0. The average molecular weight is 601 g/mol. The van der Waals surface area contributed by atoms with Crippen LogP contribution in [0.2, 0.25) is 0 Å². The van der Waals surface area contributed by atoms with Crippen molar-refractivity contribution in [3.8, 4) is 5.75 Å². The normalized spacial score (nSPS) is 17.7. The number of hydrogen-bond acceptors (Lipinski definition) is 8. The molecule has 42 heavy (non-hydrogen) atoms. The standard InChI is InChI=1S/C28H30FN4O8P/c1-17(28(37)38)41-42(39,40)14-13-31-9-11-32(12-10-31)26(35)22-20-3-2-8-30-24(20)25(34)23-21(22)16-33(27(23)36)15-18-4-6-19(29)7-5-18/h2-8,17,34H,9-16H2,1H3,(H,37,38)(H,39,40)/t17-/m1/s1. The summed E-state index contributed by atoms with van der Waals surface area (Å²) in [6, 6.07) is 9.08. The van der Waals surface area contributed by atoms with Crippen LogP contribution in [0.5, 0.6) is 5.75 Å². The number of phenolic OH excluding ortho intramolecular Hbond substituents is 1. The van der Waals surface area contributed by atoms with Gasteiger partial charge in [-0.05, 0) is 30.7 Å². The molecule has 1 saturated heterocycles. The number of amides is 2. The predicted octanol–water partition coefficient (Wildman–Crippen LogP) is 2.67. The van der Waals surface area contributed by atoms with Crippen LogP contribution in [0.1, 0.15) is 38.8 Å². The molecule has 3 aromatic rings. The fourth-order valence-electron chi connectivity index (χ4n) is 5.28. The fraction of sp³-hybridized carbons (Fsp3) is 0.357. The van der Waals surface area contributed by atoms with Crippen LogP contribution < -0.4 is 0 Å². The number of rotatable bonds is 9. The van der Waals surface area contributed by atoms with Gasteiger partial charge in [0.05, 0.1) is 17.3 Å². The van der Waals surface area contributed by atoms with Gasteiger partial charge in [0.2, 0.25) is 0 Å². The largest absolute Gasteiger partial charge is 0.505 e. The van der Waals surface area contributed by atoms with Crippen molar-refractivity contribution in [2.24, 2.45) is 0 Å². The molecule has 1 unspecified atom stereocenters. The average Bonchev–Trinajstić information content (AvgIpc) is 3.28. The van der Waals surface area contributed by atoms with Gasteiger partial charge in [-0.3, -0.25) is 28.6 Å². The number of phenols is 1. The maximum atomic E-state index is 14.0. The molecule has 12 nitrogen and oxygen atoms in total. The van der Waals surface area contributed by atoms with Gasteiger partial charge in [-0.2, -0.15) is 0 Å². The van der Waals surface area contributed by atoms with Crippen molar-refractivity contribution in [1.82, 2.24) is 19.7 Å². The second-order valence-electron chi connectivity index (χ2n) is 10.3. The Morgan fingerprint density at radius 1 is 1.14 bits per heavy atom. The van der Waals surface area contributed by atoms with E-state index in [1.54, 1.807) is 29.2 Å². The summed E-state index contributed by atoms with van der Waals surface area (Å²) < 4.78 is 30.5. The van der Waals surface area contributed by atoms with Crippen molar-refractivity contribution in [3.05, 3.63) is 70.7 Å². The number of aliphatic carboxylic acids is 1. The Bertz CT molecular complexity index is 1590. The van der Waals surface area contributed by atoms with Gasteiger partial charge in [-0.25, -0.2) is 9.18 Å². The molecule has 1 fully saturated rings. The first-order valence-electron chi connectivity index (χ1n) is 13.4. The number of aromatic hydroxyl groups is 1. The monoisotopic (exact) mass is 600 g/mol. The van der Waals surface area contributed by atoms with Gasteiger partial charge in [0.15, 0.2) is 11.9 Å². The zero-order valence-corrected chi connectivity index (χ0v) is 23.7. The Kier molecular flexibility index (Phi) is 8.29. The summed E-state index contributed by atoms with van der Waals surface area (Å²) in [6.45, 7) is 2.98. The summed E-state index contributed by atoms with van der Waals surface area (Å²) in [4.78, 5) is 57.6. The van der Waals surface area contributed by atoms with Crippen LogP contribution in [0.15, 0.2) is 42.6 Å². The van der Waals surface area contributed by atoms with E-state index in [0.717, 1.165) is 0 Å². The number of carboxylic acid groups (broad SMARTS) is 1. The second kappa shape index (κ2) is 11.8. The lowest BCUT2D eigenvalue weighted by Crippen LogP contribution is -2.49. The molecule has 0 aliphatic carbocycles. The summed E-state index contributed by atoms with van der Waals surface area (Å²) in [6.07, 6.45) is -0.199. The molecule has 3 heterocycles. The van der Waals surface area contributed by atoms with E-state index in [9.17, 15) is 33.3 Å². The molecule has 222 valence electrons. The van der Waals surface area contributed by atoms with Gasteiger partial charge < -0.3 is 24.9 Å². The summed E-state index contributed by atoms with van der Waals surface area (Å²) in [5.41, 5.74) is 1.55. The maximum Gasteiger partial charge on any atom is 0.333 e. The third kappa shape index (κ3) is 6.00. The molecule has 2 amide bonds. The first-order chi connectivity index (χ1) is 19.9. The quantitative estimate of drug-likeness (QED) is 0.312. The number of benzene rings is 2. The number of fused-ring (bicyclic) bond motifs is 2. The third-order valence-corrected chi connectivity index (χ3v) is 8.93. The van der Waals surface area contributed by atoms with Crippen molar-refractivity contribution in [2.75, 3.05) is 38.9 Å². The Labute approximate surface area is 240 Å². The van der Waals surface area contributed by atoms with Crippen molar-refractivity contribution in [3.63, 3.8) is 0 Å². The topological polar surface area (TPSA) is 161 Å². The van der Waals surface area contributed by atoms with Crippen LogP contribution in [-0.4, -0.2) is 97.6 Å². The number of aromatic nitrogens is 1. The molecular formula is C28H30FN4O8P. The molecule has 2 aliphatic rings. The van der Waals surface area contributed by atoms with Gasteiger partial charge in [0.1, 0.15) is 11.3 Å². The number of carbonyl (C=O) groups excluding carboxylic acids is 2. The van der Waals surface area contributed by atoms with E-state index >= 15 is 0 Å². The number of carboxylic acids is 1. The van der Waals surface area contributed by atoms with E-state index in [1.807, 2.05) is 4.90 Å². The number of halogens is 1. The van der Waals surface area contributed by atoms with Crippen molar-refractivity contribution in [1.29, 1.82) is 0 Å². The second-order valence-corrected chi connectivity index (χ2v) is 12.3. The van der Waals surface area contributed by atoms with Crippen molar-refractivity contribution >= 4 is 36.3 Å². The Hall–Kier alpha value is -3.90. The highest BCUT2D eigenvalue weighted by molar-refractivity contribution is 7.52. The molecule has 1 aromatic heterocycles. The number of carbonyl (C=O) groups is 3. The zero-order chi connectivity index (χ0) is 30.2. The third-order valence-electron chi connectivity index (χ3n) is 7.52. The van der Waals surface area contributed by atoms with Crippen LogP contribution in [0.3, 0.4) is 0 Å². The van der Waals surface area contributed by atoms with Gasteiger partial charge in [0.25, 0.3) is 11.8 Å². The highest BCUT2D eigenvalue weighted by Crippen LogP contribution is 2.43. The minimum Gasteiger partial charge on any atom is -0.505 e. The first-order valence-corrected chi connectivity index (χ1v) is 15.1. The summed E-state index contributed by atoms with van der Waals surface area (Å²) in [7, 11) is -4.12. The fourth-order valence-corrected chi connectivity index (χ4v) is 6.51. The number of piperazine rings is 1. The lowest BCUT2D eigenvalue weighted by atomic mass is 9.95.